The van der Waals surface area contributed by atoms with Gasteiger partial charge in [0.1, 0.15) is 16.5 Å². The number of benzene rings is 1. The summed E-state index contributed by atoms with van der Waals surface area (Å²) in [6, 6.07) is 2.33. The highest BCUT2D eigenvalue weighted by atomic mass is 32.2. The SMILES string of the molecule is O=C(CCOCC1CCCO1)N1CCN(S(=O)(=O)c2cc(F)ccc2F)CC1. The van der Waals surface area contributed by atoms with Gasteiger partial charge in [0, 0.05) is 32.8 Å². The van der Waals surface area contributed by atoms with Crippen molar-refractivity contribution in [1.29, 1.82) is 0 Å². The monoisotopic (exact) mass is 418 g/mol. The van der Waals surface area contributed by atoms with Crippen molar-refractivity contribution in [2.45, 2.75) is 30.3 Å². The lowest BCUT2D eigenvalue weighted by molar-refractivity contribution is -0.133. The number of hydrogen-bond acceptors (Lipinski definition) is 5. The third kappa shape index (κ3) is 5.05. The second-order valence-corrected chi connectivity index (χ2v) is 8.73. The van der Waals surface area contributed by atoms with Gasteiger partial charge in [-0.05, 0) is 31.0 Å². The molecule has 2 fully saturated rings. The Labute approximate surface area is 163 Å². The van der Waals surface area contributed by atoms with Crippen molar-refractivity contribution in [2.75, 3.05) is 46.0 Å². The van der Waals surface area contributed by atoms with Gasteiger partial charge in [-0.25, -0.2) is 17.2 Å². The number of hydrogen-bond donors (Lipinski definition) is 0. The van der Waals surface area contributed by atoms with Crippen molar-refractivity contribution in [3.8, 4) is 0 Å². The highest BCUT2D eigenvalue weighted by Gasteiger charge is 2.32. The highest BCUT2D eigenvalue weighted by Crippen LogP contribution is 2.22. The van der Waals surface area contributed by atoms with Crippen LogP contribution < -0.4 is 0 Å². The number of piperazine rings is 1. The molecule has 0 spiro atoms. The number of halogens is 2. The van der Waals surface area contributed by atoms with E-state index in [4.69, 9.17) is 9.47 Å². The van der Waals surface area contributed by atoms with E-state index in [1.807, 2.05) is 0 Å². The largest absolute Gasteiger partial charge is 0.378 e. The molecule has 156 valence electrons. The minimum Gasteiger partial charge on any atom is -0.378 e. The van der Waals surface area contributed by atoms with Gasteiger partial charge in [-0.1, -0.05) is 0 Å². The zero-order valence-corrected chi connectivity index (χ0v) is 16.3. The average Bonchev–Trinajstić information content (AvgIpc) is 3.20. The van der Waals surface area contributed by atoms with E-state index in [0.29, 0.717) is 12.7 Å². The number of rotatable bonds is 7. The Kier molecular flexibility index (Phi) is 6.97. The van der Waals surface area contributed by atoms with Crippen molar-refractivity contribution < 1.29 is 31.5 Å². The van der Waals surface area contributed by atoms with E-state index in [0.717, 1.165) is 35.9 Å². The molecule has 0 radical (unpaired) electrons. The van der Waals surface area contributed by atoms with Crippen LogP contribution in [-0.2, 0) is 24.3 Å². The van der Waals surface area contributed by atoms with Crippen LogP contribution in [0.1, 0.15) is 19.3 Å². The predicted octanol–water partition coefficient (Wildman–Crippen LogP) is 1.38. The Balaban J connectivity index is 1.46. The van der Waals surface area contributed by atoms with E-state index in [9.17, 15) is 22.0 Å². The maximum atomic E-state index is 13.9. The van der Waals surface area contributed by atoms with Crippen LogP contribution in [0.15, 0.2) is 23.1 Å². The molecule has 2 heterocycles. The summed E-state index contributed by atoms with van der Waals surface area (Å²) >= 11 is 0. The summed E-state index contributed by atoms with van der Waals surface area (Å²) in [6.07, 6.45) is 2.31. The molecule has 3 rings (SSSR count). The maximum Gasteiger partial charge on any atom is 0.246 e. The van der Waals surface area contributed by atoms with Gasteiger partial charge in [0.2, 0.25) is 15.9 Å². The van der Waals surface area contributed by atoms with Gasteiger partial charge < -0.3 is 14.4 Å². The second-order valence-electron chi connectivity index (χ2n) is 6.82. The number of carbonyl (C=O) groups is 1. The van der Waals surface area contributed by atoms with Crippen molar-refractivity contribution in [2.24, 2.45) is 0 Å². The molecule has 1 aromatic carbocycles. The lowest BCUT2D eigenvalue weighted by atomic mass is 10.2. The van der Waals surface area contributed by atoms with E-state index in [-0.39, 0.29) is 51.2 Å². The van der Waals surface area contributed by atoms with E-state index in [1.165, 1.54) is 0 Å². The van der Waals surface area contributed by atoms with E-state index in [2.05, 4.69) is 0 Å². The van der Waals surface area contributed by atoms with Crippen LogP contribution in [0.2, 0.25) is 0 Å². The molecular weight excluding hydrogens is 394 g/mol. The van der Waals surface area contributed by atoms with Crippen LogP contribution in [0, 0.1) is 11.6 Å². The summed E-state index contributed by atoms with van der Waals surface area (Å²) in [5.41, 5.74) is 0. The first-order valence-corrected chi connectivity index (χ1v) is 10.7. The predicted molar refractivity (Wildman–Crippen MR) is 96.1 cm³/mol. The highest BCUT2D eigenvalue weighted by molar-refractivity contribution is 7.89. The Hall–Kier alpha value is -1.62. The smallest absolute Gasteiger partial charge is 0.246 e. The number of amides is 1. The third-order valence-corrected chi connectivity index (χ3v) is 6.80. The molecule has 2 aliphatic rings. The minimum absolute atomic E-state index is 0.0286. The summed E-state index contributed by atoms with van der Waals surface area (Å²) in [6.45, 7) is 1.95. The van der Waals surface area contributed by atoms with Crippen LogP contribution in [0.4, 0.5) is 8.78 Å². The third-order valence-electron chi connectivity index (χ3n) is 4.89. The summed E-state index contributed by atoms with van der Waals surface area (Å²) in [4.78, 5) is 13.1. The molecule has 1 amide bonds. The summed E-state index contributed by atoms with van der Waals surface area (Å²) in [5.74, 6) is -1.94. The first kappa shape index (κ1) is 21.1. The van der Waals surface area contributed by atoms with Crippen molar-refractivity contribution >= 4 is 15.9 Å². The molecule has 0 aromatic heterocycles. The van der Waals surface area contributed by atoms with Gasteiger partial charge in [-0.2, -0.15) is 4.31 Å². The molecule has 28 heavy (non-hydrogen) atoms. The Morgan fingerprint density at radius 3 is 2.64 bits per heavy atom. The van der Waals surface area contributed by atoms with Gasteiger partial charge in [-0.15, -0.1) is 0 Å². The van der Waals surface area contributed by atoms with Crippen LogP contribution in [0.5, 0.6) is 0 Å². The fraction of sp³-hybridized carbons (Fsp3) is 0.611. The van der Waals surface area contributed by atoms with Crippen LogP contribution in [0.25, 0.3) is 0 Å². The summed E-state index contributed by atoms with van der Waals surface area (Å²) < 4.78 is 64.3. The molecule has 7 nitrogen and oxygen atoms in total. The van der Waals surface area contributed by atoms with Crippen LogP contribution in [-0.4, -0.2) is 75.6 Å². The molecule has 2 saturated heterocycles. The van der Waals surface area contributed by atoms with E-state index in [1.54, 1.807) is 4.90 Å². The van der Waals surface area contributed by atoms with Gasteiger partial charge in [0.25, 0.3) is 0 Å². The lowest BCUT2D eigenvalue weighted by Gasteiger charge is -2.34. The van der Waals surface area contributed by atoms with Crippen LogP contribution >= 0.6 is 0 Å². The van der Waals surface area contributed by atoms with Gasteiger partial charge >= 0.3 is 0 Å². The standard InChI is InChI=1S/C18H24F2N2O5S/c19-14-3-4-16(20)17(12-14)28(24,25)22-8-6-21(7-9-22)18(23)5-11-26-13-15-2-1-10-27-15/h3-4,12,15H,1-2,5-11,13H2. The maximum absolute atomic E-state index is 13.9. The first-order valence-electron chi connectivity index (χ1n) is 9.30. The topological polar surface area (TPSA) is 76.2 Å². The fourth-order valence-corrected chi connectivity index (χ4v) is 4.80. The van der Waals surface area contributed by atoms with Crippen molar-refractivity contribution in [1.82, 2.24) is 9.21 Å². The normalized spacial score (nSPS) is 21.2. The van der Waals surface area contributed by atoms with Crippen LogP contribution in [0.3, 0.4) is 0 Å². The molecule has 0 bridgehead atoms. The Morgan fingerprint density at radius 2 is 1.96 bits per heavy atom. The van der Waals surface area contributed by atoms with E-state index >= 15 is 0 Å². The number of carbonyl (C=O) groups excluding carboxylic acids is 1. The Bertz CT molecular complexity index is 791. The van der Waals surface area contributed by atoms with Gasteiger partial charge in [-0.3, -0.25) is 4.79 Å². The minimum atomic E-state index is -4.15. The fourth-order valence-electron chi connectivity index (χ4n) is 3.30. The molecular formula is C18H24F2N2O5S. The van der Waals surface area contributed by atoms with Gasteiger partial charge in [0.05, 0.1) is 25.7 Å². The number of ether oxygens (including phenoxy) is 2. The molecule has 10 heteroatoms. The lowest BCUT2D eigenvalue weighted by Crippen LogP contribution is -2.50. The second kappa shape index (κ2) is 9.25. The van der Waals surface area contributed by atoms with Crippen molar-refractivity contribution in [3.63, 3.8) is 0 Å². The molecule has 1 atom stereocenters. The molecule has 0 N–H and O–H groups in total. The number of nitrogens with zero attached hydrogens (tertiary/aromatic N) is 2. The molecule has 1 aromatic rings. The zero-order valence-electron chi connectivity index (χ0n) is 15.5. The van der Waals surface area contributed by atoms with E-state index < -0.39 is 26.6 Å². The molecule has 0 aliphatic carbocycles. The Morgan fingerprint density at radius 1 is 1.21 bits per heavy atom. The van der Waals surface area contributed by atoms with Gasteiger partial charge in [0.15, 0.2) is 0 Å². The first-order chi connectivity index (χ1) is 13.4. The van der Waals surface area contributed by atoms with Crippen molar-refractivity contribution in [3.05, 3.63) is 29.8 Å². The number of sulfonamides is 1. The molecule has 2 aliphatic heterocycles. The zero-order chi connectivity index (χ0) is 20.1. The summed E-state index contributed by atoms with van der Waals surface area (Å²) in [5, 5.41) is 0. The molecule has 0 saturated carbocycles. The average molecular weight is 418 g/mol. The molecule has 1 unspecified atom stereocenters. The summed E-state index contributed by atoms with van der Waals surface area (Å²) in [7, 11) is -4.15. The quantitative estimate of drug-likeness (QED) is 0.626.